The molecule has 5 nitrogen and oxygen atoms in total. The van der Waals surface area contributed by atoms with Gasteiger partial charge in [0.15, 0.2) is 5.82 Å². The number of halogens is 3. The number of rotatable bonds is 4. The molecule has 144 valence electrons. The maximum Gasteiger partial charge on any atom is 0.295 e. The second kappa shape index (κ2) is 8.25. The predicted octanol–water partition coefficient (Wildman–Crippen LogP) is 6.15. The normalized spacial score (nSPS) is 10.7. The monoisotopic (exact) mass is 442 g/mol. The lowest BCUT2D eigenvalue weighted by atomic mass is 10.2. The van der Waals surface area contributed by atoms with E-state index in [2.05, 4.69) is 15.4 Å². The van der Waals surface area contributed by atoms with Gasteiger partial charge >= 0.3 is 0 Å². The van der Waals surface area contributed by atoms with Crippen molar-refractivity contribution >= 4 is 46.4 Å². The molecule has 0 fully saturated rings. The molecule has 4 rings (SSSR count). The van der Waals surface area contributed by atoms with E-state index >= 15 is 0 Å². The van der Waals surface area contributed by atoms with Crippen LogP contribution in [0.1, 0.15) is 10.6 Å². The third-order valence-electron chi connectivity index (χ3n) is 4.07. The van der Waals surface area contributed by atoms with Crippen molar-refractivity contribution in [1.29, 1.82) is 0 Å². The maximum atomic E-state index is 12.7. The molecule has 1 N–H and O–H groups in total. The number of carbonyl (C=O) groups excluding carboxylic acids is 1. The van der Waals surface area contributed by atoms with Crippen LogP contribution in [-0.4, -0.2) is 20.7 Å². The fourth-order valence-corrected chi connectivity index (χ4v) is 3.22. The summed E-state index contributed by atoms with van der Waals surface area (Å²) in [7, 11) is 0. The third kappa shape index (κ3) is 4.27. The molecule has 0 aliphatic heterocycles. The van der Waals surface area contributed by atoms with Crippen LogP contribution < -0.4 is 5.32 Å². The number of benzene rings is 3. The van der Waals surface area contributed by atoms with E-state index in [1.54, 1.807) is 47.1 Å². The minimum Gasteiger partial charge on any atom is -0.319 e. The van der Waals surface area contributed by atoms with Crippen LogP contribution in [0.2, 0.25) is 15.1 Å². The van der Waals surface area contributed by atoms with Crippen LogP contribution in [-0.2, 0) is 0 Å². The molecule has 0 bridgehead atoms. The Morgan fingerprint density at radius 1 is 0.862 bits per heavy atom. The lowest BCUT2D eigenvalue weighted by Crippen LogP contribution is -2.14. The molecule has 1 heterocycles. The van der Waals surface area contributed by atoms with Crippen LogP contribution in [0.4, 0.5) is 5.69 Å². The summed E-state index contributed by atoms with van der Waals surface area (Å²) >= 11 is 18.2. The standard InChI is InChI=1S/C21H13Cl3N4O/c22-14-7-4-8-15(11-14)25-21(29)19-26-20(13-5-2-1-3-6-13)28(27-19)16-9-10-17(23)18(24)12-16/h1-12H,(H,25,29). The Morgan fingerprint density at radius 2 is 1.66 bits per heavy atom. The Hall–Kier alpha value is -2.86. The Bertz CT molecular complexity index is 1190. The molecule has 0 spiro atoms. The maximum absolute atomic E-state index is 12.7. The minimum atomic E-state index is -0.455. The van der Waals surface area contributed by atoms with Crippen LogP contribution in [0.15, 0.2) is 72.8 Å². The van der Waals surface area contributed by atoms with Gasteiger partial charge in [-0.2, -0.15) is 0 Å². The van der Waals surface area contributed by atoms with Gasteiger partial charge in [0.05, 0.1) is 15.7 Å². The third-order valence-corrected chi connectivity index (χ3v) is 5.05. The Morgan fingerprint density at radius 3 is 2.38 bits per heavy atom. The molecule has 1 aromatic heterocycles. The largest absolute Gasteiger partial charge is 0.319 e. The highest BCUT2D eigenvalue weighted by Crippen LogP contribution is 2.27. The summed E-state index contributed by atoms with van der Waals surface area (Å²) in [5, 5.41) is 8.48. The smallest absolute Gasteiger partial charge is 0.295 e. The van der Waals surface area contributed by atoms with Gasteiger partial charge in [-0.15, -0.1) is 5.10 Å². The van der Waals surface area contributed by atoms with E-state index < -0.39 is 5.91 Å². The van der Waals surface area contributed by atoms with E-state index in [0.717, 1.165) is 5.56 Å². The Balaban J connectivity index is 1.77. The number of anilines is 1. The van der Waals surface area contributed by atoms with E-state index in [4.69, 9.17) is 34.8 Å². The zero-order valence-electron chi connectivity index (χ0n) is 14.8. The number of amides is 1. The van der Waals surface area contributed by atoms with Gasteiger partial charge < -0.3 is 5.32 Å². The average Bonchev–Trinajstić information content (AvgIpc) is 3.16. The predicted molar refractivity (Wildman–Crippen MR) is 116 cm³/mol. The highest BCUT2D eigenvalue weighted by Gasteiger charge is 2.19. The quantitative estimate of drug-likeness (QED) is 0.412. The van der Waals surface area contributed by atoms with Crippen molar-refractivity contribution in [3.05, 3.63) is 93.7 Å². The van der Waals surface area contributed by atoms with Crippen molar-refractivity contribution in [3.8, 4) is 17.1 Å². The lowest BCUT2D eigenvalue weighted by Gasteiger charge is -2.07. The highest BCUT2D eigenvalue weighted by atomic mass is 35.5. The molecule has 0 aliphatic carbocycles. The molecule has 0 atom stereocenters. The summed E-state index contributed by atoms with van der Waals surface area (Å²) in [4.78, 5) is 17.2. The second-order valence-corrected chi connectivity index (χ2v) is 7.35. The second-order valence-electron chi connectivity index (χ2n) is 6.10. The van der Waals surface area contributed by atoms with Gasteiger partial charge in [0.25, 0.3) is 5.91 Å². The highest BCUT2D eigenvalue weighted by molar-refractivity contribution is 6.42. The number of hydrogen-bond donors (Lipinski definition) is 1. The fraction of sp³-hybridized carbons (Fsp3) is 0. The number of carbonyl (C=O) groups is 1. The molecule has 29 heavy (non-hydrogen) atoms. The fourth-order valence-electron chi connectivity index (χ4n) is 2.73. The van der Waals surface area contributed by atoms with Gasteiger partial charge in [-0.05, 0) is 36.4 Å². The lowest BCUT2D eigenvalue weighted by molar-refractivity contribution is 0.101. The molecular weight excluding hydrogens is 431 g/mol. The number of nitrogens with zero attached hydrogens (tertiary/aromatic N) is 3. The van der Waals surface area contributed by atoms with Crippen molar-refractivity contribution in [2.24, 2.45) is 0 Å². The molecule has 0 radical (unpaired) electrons. The summed E-state index contributed by atoms with van der Waals surface area (Å²) in [6.07, 6.45) is 0. The number of nitrogens with one attached hydrogen (secondary N) is 1. The Kier molecular flexibility index (Phi) is 5.53. The zero-order valence-corrected chi connectivity index (χ0v) is 17.1. The number of aromatic nitrogens is 3. The van der Waals surface area contributed by atoms with Crippen LogP contribution in [0.5, 0.6) is 0 Å². The van der Waals surface area contributed by atoms with Gasteiger partial charge in [-0.25, -0.2) is 9.67 Å². The molecule has 0 saturated carbocycles. The molecule has 4 aromatic rings. The van der Waals surface area contributed by atoms with E-state index in [9.17, 15) is 4.79 Å². The van der Waals surface area contributed by atoms with E-state index in [-0.39, 0.29) is 5.82 Å². The zero-order chi connectivity index (χ0) is 20.4. The minimum absolute atomic E-state index is 0.00917. The van der Waals surface area contributed by atoms with Gasteiger partial charge in [0.1, 0.15) is 0 Å². The van der Waals surface area contributed by atoms with E-state index in [1.165, 1.54) is 0 Å². The summed E-state index contributed by atoms with van der Waals surface area (Å²) in [6, 6.07) is 21.4. The van der Waals surface area contributed by atoms with Crippen LogP contribution >= 0.6 is 34.8 Å². The van der Waals surface area contributed by atoms with Crippen LogP contribution in [0, 0.1) is 0 Å². The summed E-state index contributed by atoms with van der Waals surface area (Å²) in [6.45, 7) is 0. The molecule has 0 aliphatic rings. The van der Waals surface area contributed by atoms with Gasteiger partial charge in [-0.3, -0.25) is 4.79 Å². The first-order valence-corrected chi connectivity index (χ1v) is 9.69. The van der Waals surface area contributed by atoms with Crippen molar-refractivity contribution in [1.82, 2.24) is 14.8 Å². The molecule has 8 heteroatoms. The number of hydrogen-bond acceptors (Lipinski definition) is 3. The van der Waals surface area contributed by atoms with Gasteiger partial charge in [0.2, 0.25) is 5.82 Å². The first-order valence-electron chi connectivity index (χ1n) is 8.56. The average molecular weight is 444 g/mol. The summed E-state index contributed by atoms with van der Waals surface area (Å²) in [5.74, 6) is 0.0541. The first kappa shape index (κ1) is 19.5. The van der Waals surface area contributed by atoms with Gasteiger partial charge in [0, 0.05) is 16.3 Å². The molecule has 0 saturated heterocycles. The van der Waals surface area contributed by atoms with E-state index in [1.807, 2.05) is 30.3 Å². The Labute approximate surface area is 181 Å². The molecular formula is C21H13Cl3N4O. The van der Waals surface area contributed by atoms with Crippen LogP contribution in [0.25, 0.3) is 17.1 Å². The first-order chi connectivity index (χ1) is 14.0. The summed E-state index contributed by atoms with van der Waals surface area (Å²) < 4.78 is 1.56. The summed E-state index contributed by atoms with van der Waals surface area (Å²) in [5.41, 5.74) is 1.98. The van der Waals surface area contributed by atoms with Crippen molar-refractivity contribution < 1.29 is 4.79 Å². The van der Waals surface area contributed by atoms with Crippen molar-refractivity contribution in [2.75, 3.05) is 5.32 Å². The SMILES string of the molecule is O=C(Nc1cccc(Cl)c1)c1nc(-c2ccccc2)n(-c2ccc(Cl)c(Cl)c2)n1. The molecule has 1 amide bonds. The topological polar surface area (TPSA) is 59.8 Å². The van der Waals surface area contributed by atoms with Crippen molar-refractivity contribution in [2.45, 2.75) is 0 Å². The molecule has 3 aromatic carbocycles. The van der Waals surface area contributed by atoms with Crippen molar-refractivity contribution in [3.63, 3.8) is 0 Å². The van der Waals surface area contributed by atoms with E-state index in [0.29, 0.717) is 32.3 Å². The van der Waals surface area contributed by atoms with Gasteiger partial charge in [-0.1, -0.05) is 71.2 Å². The molecule has 0 unspecified atom stereocenters. The van der Waals surface area contributed by atoms with Crippen LogP contribution in [0.3, 0.4) is 0 Å².